The number of halogens is 1. The lowest BCUT2D eigenvalue weighted by Crippen LogP contribution is -2.03. The van der Waals surface area contributed by atoms with E-state index < -0.39 is 5.97 Å². The molecule has 2 rings (SSSR count). The van der Waals surface area contributed by atoms with Gasteiger partial charge in [0.25, 0.3) is 0 Å². The lowest BCUT2D eigenvalue weighted by Gasteiger charge is -2.04. The second-order valence-electron chi connectivity index (χ2n) is 3.85. The first-order valence-corrected chi connectivity index (χ1v) is 6.32. The van der Waals surface area contributed by atoms with Crippen molar-refractivity contribution in [3.05, 3.63) is 52.9 Å². The molecular weight excluding hydrogens is 266 g/mol. The van der Waals surface area contributed by atoms with Gasteiger partial charge in [0.05, 0.1) is 13.2 Å². The molecule has 100 valence electrons. The van der Waals surface area contributed by atoms with Gasteiger partial charge in [-0.25, -0.2) is 4.79 Å². The summed E-state index contributed by atoms with van der Waals surface area (Å²) in [6, 6.07) is 10.7. The van der Waals surface area contributed by atoms with E-state index in [4.69, 9.17) is 20.8 Å². The van der Waals surface area contributed by atoms with Gasteiger partial charge in [-0.2, -0.15) is 0 Å². The smallest absolute Gasteiger partial charge is 0.374 e. The number of hydrogen-bond donors (Lipinski definition) is 1. The zero-order valence-corrected chi connectivity index (χ0v) is 11.2. The van der Waals surface area contributed by atoms with Crippen LogP contribution in [-0.2, 0) is 11.3 Å². The first-order valence-electron chi connectivity index (χ1n) is 5.94. The molecule has 4 nitrogen and oxygen atoms in total. The Balaban J connectivity index is 1.95. The number of nitrogens with one attached hydrogen (secondary N) is 1. The van der Waals surface area contributed by atoms with Gasteiger partial charge >= 0.3 is 5.97 Å². The first kappa shape index (κ1) is 13.5. The molecule has 0 aliphatic rings. The Kier molecular flexibility index (Phi) is 4.47. The van der Waals surface area contributed by atoms with Crippen LogP contribution in [0.15, 0.2) is 40.8 Å². The third-order valence-electron chi connectivity index (χ3n) is 2.43. The second kappa shape index (κ2) is 6.29. The number of carbonyl (C=O) groups is 1. The van der Waals surface area contributed by atoms with Crippen molar-refractivity contribution in [3.63, 3.8) is 0 Å². The molecule has 0 radical (unpaired) electrons. The predicted molar refractivity (Wildman–Crippen MR) is 73.4 cm³/mol. The van der Waals surface area contributed by atoms with Crippen molar-refractivity contribution in [1.82, 2.24) is 0 Å². The molecule has 2 aromatic rings. The Morgan fingerprint density at radius 1 is 1.37 bits per heavy atom. The summed E-state index contributed by atoms with van der Waals surface area (Å²) < 4.78 is 10.2. The average Bonchev–Trinajstić information content (AvgIpc) is 2.86. The zero-order chi connectivity index (χ0) is 13.7. The number of esters is 1. The van der Waals surface area contributed by atoms with Crippen molar-refractivity contribution in [2.45, 2.75) is 13.5 Å². The molecular formula is C14H14ClNO3. The van der Waals surface area contributed by atoms with E-state index in [-0.39, 0.29) is 5.76 Å². The number of ether oxygens (including phenoxy) is 1. The monoisotopic (exact) mass is 279 g/mol. The van der Waals surface area contributed by atoms with Crippen LogP contribution in [0, 0.1) is 0 Å². The van der Waals surface area contributed by atoms with Crippen LogP contribution in [0.2, 0.25) is 5.02 Å². The molecule has 0 spiro atoms. The van der Waals surface area contributed by atoms with E-state index in [0.717, 1.165) is 5.69 Å². The van der Waals surface area contributed by atoms with Crippen LogP contribution in [0.5, 0.6) is 0 Å². The number of furan rings is 1. The number of benzene rings is 1. The molecule has 1 heterocycles. The molecule has 0 aliphatic carbocycles. The quantitative estimate of drug-likeness (QED) is 0.848. The maximum atomic E-state index is 11.4. The van der Waals surface area contributed by atoms with Crippen molar-refractivity contribution in [3.8, 4) is 0 Å². The van der Waals surface area contributed by atoms with Crippen molar-refractivity contribution in [2.24, 2.45) is 0 Å². The molecule has 0 saturated carbocycles. The van der Waals surface area contributed by atoms with Crippen LogP contribution in [-0.4, -0.2) is 12.6 Å². The maximum absolute atomic E-state index is 11.4. The average molecular weight is 280 g/mol. The maximum Gasteiger partial charge on any atom is 0.374 e. The lowest BCUT2D eigenvalue weighted by molar-refractivity contribution is 0.0488. The molecule has 0 saturated heterocycles. The highest BCUT2D eigenvalue weighted by Gasteiger charge is 2.11. The Morgan fingerprint density at radius 3 is 2.95 bits per heavy atom. The van der Waals surface area contributed by atoms with Gasteiger partial charge in [0.2, 0.25) is 5.76 Å². The molecule has 1 aromatic carbocycles. The summed E-state index contributed by atoms with van der Waals surface area (Å²) in [4.78, 5) is 11.4. The van der Waals surface area contributed by atoms with Gasteiger partial charge < -0.3 is 14.5 Å². The second-order valence-corrected chi connectivity index (χ2v) is 4.29. The zero-order valence-electron chi connectivity index (χ0n) is 10.5. The van der Waals surface area contributed by atoms with Gasteiger partial charge in [0, 0.05) is 10.7 Å². The lowest BCUT2D eigenvalue weighted by atomic mass is 10.3. The minimum atomic E-state index is -0.448. The molecule has 0 aliphatic heterocycles. The van der Waals surface area contributed by atoms with Gasteiger partial charge in [0.1, 0.15) is 5.76 Å². The molecule has 0 fully saturated rings. The largest absolute Gasteiger partial charge is 0.460 e. The number of carbonyl (C=O) groups excluding carboxylic acids is 1. The summed E-state index contributed by atoms with van der Waals surface area (Å²) in [6.45, 7) is 2.55. The third kappa shape index (κ3) is 3.76. The summed E-state index contributed by atoms with van der Waals surface area (Å²) in [5, 5.41) is 3.82. The summed E-state index contributed by atoms with van der Waals surface area (Å²) >= 11 is 5.88. The van der Waals surface area contributed by atoms with Crippen LogP contribution in [0.1, 0.15) is 23.2 Å². The molecule has 5 heteroatoms. The van der Waals surface area contributed by atoms with Gasteiger partial charge in [-0.15, -0.1) is 0 Å². The number of hydrogen-bond acceptors (Lipinski definition) is 4. The van der Waals surface area contributed by atoms with Crippen molar-refractivity contribution in [2.75, 3.05) is 11.9 Å². The van der Waals surface area contributed by atoms with E-state index >= 15 is 0 Å². The van der Waals surface area contributed by atoms with E-state index in [2.05, 4.69) is 5.32 Å². The molecule has 1 aromatic heterocycles. The highest BCUT2D eigenvalue weighted by Crippen LogP contribution is 2.16. The predicted octanol–water partition coefficient (Wildman–Crippen LogP) is 3.72. The van der Waals surface area contributed by atoms with Crippen molar-refractivity contribution in [1.29, 1.82) is 0 Å². The normalized spacial score (nSPS) is 10.2. The molecule has 0 unspecified atom stereocenters. The Hall–Kier alpha value is -1.94. The SMILES string of the molecule is CCOC(=O)c1ccc(CNc2cccc(Cl)c2)o1. The van der Waals surface area contributed by atoms with Crippen molar-refractivity contribution < 1.29 is 13.9 Å². The van der Waals surface area contributed by atoms with Crippen LogP contribution < -0.4 is 5.32 Å². The molecule has 0 bridgehead atoms. The van der Waals surface area contributed by atoms with Crippen LogP contribution in [0.4, 0.5) is 5.69 Å². The molecule has 19 heavy (non-hydrogen) atoms. The summed E-state index contributed by atoms with van der Waals surface area (Å²) in [7, 11) is 0. The van der Waals surface area contributed by atoms with E-state index in [1.165, 1.54) is 0 Å². The van der Waals surface area contributed by atoms with E-state index in [0.29, 0.717) is 23.9 Å². The van der Waals surface area contributed by atoms with Crippen LogP contribution in [0.3, 0.4) is 0 Å². The number of rotatable bonds is 5. The topological polar surface area (TPSA) is 51.5 Å². The molecule has 0 atom stereocenters. The minimum absolute atomic E-state index is 0.213. The highest BCUT2D eigenvalue weighted by molar-refractivity contribution is 6.30. The van der Waals surface area contributed by atoms with Crippen LogP contribution in [0.25, 0.3) is 0 Å². The Labute approximate surface area is 116 Å². The van der Waals surface area contributed by atoms with Gasteiger partial charge in [-0.05, 0) is 37.3 Å². The summed E-state index contributed by atoms with van der Waals surface area (Å²) in [5.74, 6) is 0.421. The standard InChI is InChI=1S/C14H14ClNO3/c1-2-18-14(17)13-7-6-12(19-13)9-16-11-5-3-4-10(15)8-11/h3-8,16H,2,9H2,1H3. The van der Waals surface area contributed by atoms with Gasteiger partial charge in [-0.3, -0.25) is 0 Å². The fourth-order valence-corrected chi connectivity index (χ4v) is 1.76. The summed E-state index contributed by atoms with van der Waals surface area (Å²) in [5.41, 5.74) is 0.890. The van der Waals surface area contributed by atoms with Gasteiger partial charge in [0.15, 0.2) is 0 Å². The Bertz CT molecular complexity index is 565. The van der Waals surface area contributed by atoms with E-state index in [1.54, 1.807) is 25.1 Å². The fraction of sp³-hybridized carbons (Fsp3) is 0.214. The fourth-order valence-electron chi connectivity index (χ4n) is 1.57. The summed E-state index contributed by atoms with van der Waals surface area (Å²) in [6.07, 6.45) is 0. The first-order chi connectivity index (χ1) is 9.19. The van der Waals surface area contributed by atoms with Gasteiger partial charge in [-0.1, -0.05) is 17.7 Å². The highest BCUT2D eigenvalue weighted by atomic mass is 35.5. The minimum Gasteiger partial charge on any atom is -0.460 e. The number of anilines is 1. The third-order valence-corrected chi connectivity index (χ3v) is 2.66. The molecule has 1 N–H and O–H groups in total. The molecule has 0 amide bonds. The van der Waals surface area contributed by atoms with E-state index in [9.17, 15) is 4.79 Å². The van der Waals surface area contributed by atoms with Crippen LogP contribution >= 0.6 is 11.6 Å². The van der Waals surface area contributed by atoms with E-state index in [1.807, 2.05) is 18.2 Å². The van der Waals surface area contributed by atoms with Crippen molar-refractivity contribution >= 4 is 23.3 Å². The Morgan fingerprint density at radius 2 is 2.21 bits per heavy atom.